The van der Waals surface area contributed by atoms with Gasteiger partial charge in [0.15, 0.2) is 0 Å². The Bertz CT molecular complexity index is 1070. The van der Waals surface area contributed by atoms with Crippen molar-refractivity contribution in [2.75, 3.05) is 32.6 Å². The molecule has 1 atom stereocenters. The summed E-state index contributed by atoms with van der Waals surface area (Å²) in [6, 6.07) is 10.5. The van der Waals surface area contributed by atoms with Crippen molar-refractivity contribution < 1.29 is 27.5 Å². The highest BCUT2D eigenvalue weighted by Gasteiger charge is 2.33. The molecule has 0 aliphatic carbocycles. The molecule has 1 heterocycles. The van der Waals surface area contributed by atoms with Gasteiger partial charge in [-0.15, -0.1) is 0 Å². The van der Waals surface area contributed by atoms with Crippen LogP contribution in [-0.2, 0) is 19.6 Å². The lowest BCUT2D eigenvalue weighted by atomic mass is 9.98. The minimum atomic E-state index is -3.74. The summed E-state index contributed by atoms with van der Waals surface area (Å²) < 4.78 is 37.2. The van der Waals surface area contributed by atoms with Crippen molar-refractivity contribution in [3.63, 3.8) is 0 Å². The number of nitrogens with one attached hydrogen (secondary N) is 1. The van der Waals surface area contributed by atoms with Crippen molar-refractivity contribution in [3.05, 3.63) is 53.1 Å². The van der Waals surface area contributed by atoms with E-state index >= 15 is 0 Å². The van der Waals surface area contributed by atoms with E-state index in [0.29, 0.717) is 35.8 Å². The summed E-state index contributed by atoms with van der Waals surface area (Å²) in [6.07, 6.45) is 1.09. The Kier molecular flexibility index (Phi) is 7.19. The first kappa shape index (κ1) is 23.1. The van der Waals surface area contributed by atoms with E-state index in [0.717, 1.165) is 0 Å². The summed E-state index contributed by atoms with van der Waals surface area (Å²) in [6.45, 7) is 0.381. The van der Waals surface area contributed by atoms with Gasteiger partial charge in [-0.3, -0.25) is 4.79 Å². The van der Waals surface area contributed by atoms with Crippen molar-refractivity contribution in [2.24, 2.45) is 5.92 Å². The van der Waals surface area contributed by atoms with Gasteiger partial charge in [0.1, 0.15) is 5.75 Å². The number of halogens is 1. The molecule has 1 fully saturated rings. The number of nitrogens with zero attached hydrogens (tertiary/aromatic N) is 1. The first-order valence-corrected chi connectivity index (χ1v) is 11.4. The van der Waals surface area contributed by atoms with E-state index in [1.165, 1.54) is 54.9 Å². The fraction of sp³-hybridized carbons (Fsp3) is 0.333. The topological polar surface area (TPSA) is 102 Å². The Labute approximate surface area is 186 Å². The third kappa shape index (κ3) is 5.17. The van der Waals surface area contributed by atoms with Crippen LogP contribution < -0.4 is 10.1 Å². The van der Waals surface area contributed by atoms with Crippen LogP contribution in [-0.4, -0.2) is 51.9 Å². The minimum absolute atomic E-state index is 0.0514. The van der Waals surface area contributed by atoms with Gasteiger partial charge in [-0.1, -0.05) is 11.6 Å². The number of hydrogen-bond donors (Lipinski definition) is 1. The van der Waals surface area contributed by atoms with Crippen LogP contribution in [0.5, 0.6) is 5.75 Å². The van der Waals surface area contributed by atoms with Crippen molar-refractivity contribution in [1.82, 2.24) is 4.31 Å². The second-order valence-electron chi connectivity index (χ2n) is 7.05. The molecular weight excluding hydrogens is 444 g/mol. The van der Waals surface area contributed by atoms with E-state index in [2.05, 4.69) is 5.32 Å². The van der Waals surface area contributed by atoms with Gasteiger partial charge < -0.3 is 14.8 Å². The van der Waals surface area contributed by atoms with E-state index in [-0.39, 0.29) is 22.9 Å². The third-order valence-electron chi connectivity index (χ3n) is 5.08. The summed E-state index contributed by atoms with van der Waals surface area (Å²) in [7, 11) is -1.03. The second-order valence-corrected chi connectivity index (χ2v) is 9.43. The SMILES string of the molecule is COC(=O)c1ccc(OC)c(NC(=O)[C@H]2CCCN(S(=O)(=O)c3ccc(Cl)cc3)C2)c1. The highest BCUT2D eigenvalue weighted by Crippen LogP contribution is 2.29. The van der Waals surface area contributed by atoms with Crippen molar-refractivity contribution in [2.45, 2.75) is 17.7 Å². The third-order valence-corrected chi connectivity index (χ3v) is 7.22. The van der Waals surface area contributed by atoms with E-state index < -0.39 is 21.9 Å². The molecule has 1 amide bonds. The first-order chi connectivity index (χ1) is 14.8. The molecule has 0 saturated carbocycles. The largest absolute Gasteiger partial charge is 0.495 e. The molecule has 10 heteroatoms. The molecule has 0 unspecified atom stereocenters. The van der Waals surface area contributed by atoms with Crippen LogP contribution in [0.2, 0.25) is 5.02 Å². The fourth-order valence-electron chi connectivity index (χ4n) is 3.42. The Morgan fingerprint density at radius 1 is 1.13 bits per heavy atom. The number of rotatable bonds is 6. The lowest BCUT2D eigenvalue weighted by molar-refractivity contribution is -0.120. The molecule has 1 N–H and O–H groups in total. The lowest BCUT2D eigenvalue weighted by Gasteiger charge is -2.31. The number of esters is 1. The van der Waals surface area contributed by atoms with Crippen LogP contribution in [0.25, 0.3) is 0 Å². The highest BCUT2D eigenvalue weighted by molar-refractivity contribution is 7.89. The molecule has 0 spiro atoms. The predicted octanol–water partition coefficient (Wildman–Crippen LogP) is 3.17. The number of ether oxygens (including phenoxy) is 2. The van der Waals surface area contributed by atoms with Gasteiger partial charge in [0, 0.05) is 18.1 Å². The van der Waals surface area contributed by atoms with Crippen LogP contribution in [0.1, 0.15) is 23.2 Å². The van der Waals surface area contributed by atoms with Crippen LogP contribution in [0.3, 0.4) is 0 Å². The zero-order valence-corrected chi connectivity index (χ0v) is 18.7. The first-order valence-electron chi connectivity index (χ1n) is 9.59. The Morgan fingerprint density at radius 3 is 2.48 bits per heavy atom. The number of anilines is 1. The van der Waals surface area contributed by atoms with E-state index in [4.69, 9.17) is 21.1 Å². The number of methoxy groups -OCH3 is 2. The van der Waals surface area contributed by atoms with Gasteiger partial charge in [-0.05, 0) is 55.3 Å². The summed E-state index contributed by atoms with van der Waals surface area (Å²) in [5.41, 5.74) is 0.572. The van der Waals surface area contributed by atoms with Crippen molar-refractivity contribution in [3.8, 4) is 5.75 Å². The van der Waals surface area contributed by atoms with Gasteiger partial charge >= 0.3 is 5.97 Å². The zero-order valence-electron chi connectivity index (χ0n) is 17.1. The van der Waals surface area contributed by atoms with Gasteiger partial charge in [0.2, 0.25) is 15.9 Å². The summed E-state index contributed by atoms with van der Waals surface area (Å²) >= 11 is 5.85. The number of carbonyl (C=O) groups excluding carboxylic acids is 2. The van der Waals surface area contributed by atoms with E-state index in [1.807, 2.05) is 0 Å². The van der Waals surface area contributed by atoms with E-state index in [9.17, 15) is 18.0 Å². The number of amides is 1. The van der Waals surface area contributed by atoms with Gasteiger partial charge in [0.05, 0.1) is 36.3 Å². The minimum Gasteiger partial charge on any atom is -0.495 e. The molecule has 3 rings (SSSR count). The maximum Gasteiger partial charge on any atom is 0.337 e. The van der Waals surface area contributed by atoms with Gasteiger partial charge in [-0.2, -0.15) is 4.31 Å². The molecule has 2 aromatic carbocycles. The second kappa shape index (κ2) is 9.67. The summed E-state index contributed by atoms with van der Waals surface area (Å²) in [5, 5.41) is 3.20. The lowest BCUT2D eigenvalue weighted by Crippen LogP contribution is -2.43. The Morgan fingerprint density at radius 2 is 1.84 bits per heavy atom. The van der Waals surface area contributed by atoms with Crippen LogP contribution in [0, 0.1) is 5.92 Å². The van der Waals surface area contributed by atoms with Crippen LogP contribution in [0.15, 0.2) is 47.4 Å². The van der Waals surface area contributed by atoms with E-state index in [1.54, 1.807) is 6.07 Å². The molecule has 0 bridgehead atoms. The quantitative estimate of drug-likeness (QED) is 0.656. The molecule has 0 radical (unpaired) electrons. The Hall–Kier alpha value is -2.62. The zero-order chi connectivity index (χ0) is 22.6. The van der Waals surface area contributed by atoms with Gasteiger partial charge in [-0.25, -0.2) is 13.2 Å². The molecule has 1 saturated heterocycles. The smallest absolute Gasteiger partial charge is 0.337 e. The number of piperidine rings is 1. The molecule has 2 aromatic rings. The number of benzene rings is 2. The maximum atomic E-state index is 13.0. The molecule has 31 heavy (non-hydrogen) atoms. The summed E-state index contributed by atoms with van der Waals surface area (Å²) in [4.78, 5) is 24.9. The average molecular weight is 467 g/mol. The number of carbonyl (C=O) groups is 2. The predicted molar refractivity (Wildman–Crippen MR) is 116 cm³/mol. The monoisotopic (exact) mass is 466 g/mol. The van der Waals surface area contributed by atoms with Crippen molar-refractivity contribution >= 4 is 39.2 Å². The van der Waals surface area contributed by atoms with Crippen LogP contribution >= 0.6 is 11.6 Å². The molecule has 1 aliphatic rings. The molecule has 1 aliphatic heterocycles. The number of hydrogen-bond acceptors (Lipinski definition) is 6. The molecule has 0 aromatic heterocycles. The molecule has 8 nitrogen and oxygen atoms in total. The van der Waals surface area contributed by atoms with Gasteiger partial charge in [0.25, 0.3) is 0 Å². The van der Waals surface area contributed by atoms with Crippen molar-refractivity contribution in [1.29, 1.82) is 0 Å². The normalized spacial score (nSPS) is 17.1. The van der Waals surface area contributed by atoms with Crippen LogP contribution in [0.4, 0.5) is 5.69 Å². The molecular formula is C21H23ClN2O6S. The fourth-order valence-corrected chi connectivity index (χ4v) is 5.07. The average Bonchev–Trinajstić information content (AvgIpc) is 2.78. The Balaban J connectivity index is 1.77. The maximum absolute atomic E-state index is 13.0. The standard InChI is InChI=1S/C21H23ClN2O6S/c1-29-19-10-5-14(21(26)30-2)12-18(19)23-20(25)15-4-3-11-24(13-15)31(27,28)17-8-6-16(22)7-9-17/h5-10,12,15H,3-4,11,13H2,1-2H3,(H,23,25)/t15-/m0/s1. The molecule has 166 valence electrons. The summed E-state index contributed by atoms with van der Waals surface area (Å²) in [5.74, 6) is -1.07. The highest BCUT2D eigenvalue weighted by atomic mass is 35.5. The number of sulfonamides is 1.